The van der Waals surface area contributed by atoms with E-state index in [0.29, 0.717) is 13.0 Å². The number of nitrogens with zero attached hydrogens (tertiary/aromatic N) is 2. The van der Waals surface area contributed by atoms with Crippen LogP contribution in [-0.2, 0) is 32.0 Å². The van der Waals surface area contributed by atoms with Crippen LogP contribution in [0.4, 0.5) is 0 Å². The van der Waals surface area contributed by atoms with E-state index in [1.807, 2.05) is 97.1 Å². The van der Waals surface area contributed by atoms with E-state index >= 15 is 0 Å². The van der Waals surface area contributed by atoms with Gasteiger partial charge < -0.3 is 25.8 Å². The summed E-state index contributed by atoms with van der Waals surface area (Å²) in [6.45, 7) is 1.74. The Labute approximate surface area is 288 Å². The van der Waals surface area contributed by atoms with Gasteiger partial charge >= 0.3 is 0 Å². The summed E-state index contributed by atoms with van der Waals surface area (Å²) >= 11 is 0. The molecule has 0 fully saturated rings. The standard InChI is InChI=1S/C40H43N5O4/c1-29(41-2)38(47)43-35(25-30-15-7-3-8-16-30)39(48)42-27-37(46)45-24-23-44(40(49)36(45)26-31-17-9-4-10-18-31)28-34(32-19-11-5-12-20-32)33-21-13-6-14-22-33/h3-24,29,34-36,41H,25-28H2,1-2H3,(H,42,48)(H,43,47)/t29-,35-,36-/m0/s1. The lowest BCUT2D eigenvalue weighted by Gasteiger charge is -2.37. The van der Waals surface area contributed by atoms with E-state index in [1.54, 1.807) is 31.3 Å². The van der Waals surface area contributed by atoms with Crippen molar-refractivity contribution in [1.82, 2.24) is 25.8 Å². The number of hydrogen-bond acceptors (Lipinski definition) is 5. The van der Waals surface area contributed by atoms with Crippen molar-refractivity contribution >= 4 is 23.6 Å². The van der Waals surface area contributed by atoms with Gasteiger partial charge in [-0.05, 0) is 36.2 Å². The van der Waals surface area contributed by atoms with Gasteiger partial charge in [-0.25, -0.2) is 0 Å². The van der Waals surface area contributed by atoms with Gasteiger partial charge in [-0.15, -0.1) is 0 Å². The predicted octanol–water partition coefficient (Wildman–Crippen LogP) is 4.02. The third kappa shape index (κ3) is 9.30. The highest BCUT2D eigenvalue weighted by atomic mass is 16.2. The Hall–Kier alpha value is -5.54. The molecule has 1 aliphatic heterocycles. The van der Waals surface area contributed by atoms with Crippen LogP contribution in [0.5, 0.6) is 0 Å². The molecule has 49 heavy (non-hydrogen) atoms. The number of carbonyl (C=O) groups excluding carboxylic acids is 4. The molecule has 4 aromatic rings. The molecule has 4 amide bonds. The second-order valence-corrected chi connectivity index (χ2v) is 12.1. The SMILES string of the molecule is CN[C@@H](C)C(=O)N[C@@H](Cc1ccccc1)C(=O)NCC(=O)N1C=CN(CC(c2ccccc2)c2ccccc2)C(=O)[C@@H]1Cc1ccccc1. The van der Waals surface area contributed by atoms with E-state index < -0.39 is 29.9 Å². The van der Waals surface area contributed by atoms with Crippen LogP contribution in [0.25, 0.3) is 0 Å². The summed E-state index contributed by atoms with van der Waals surface area (Å²) in [4.78, 5) is 57.3. The summed E-state index contributed by atoms with van der Waals surface area (Å²) < 4.78 is 0. The number of likely N-dealkylation sites (N-methyl/N-ethyl adjacent to an activating group) is 1. The maximum Gasteiger partial charge on any atom is 0.250 e. The minimum absolute atomic E-state index is 0.0858. The van der Waals surface area contributed by atoms with Gasteiger partial charge in [0.15, 0.2) is 0 Å². The monoisotopic (exact) mass is 657 g/mol. The molecule has 0 spiro atoms. The third-order valence-electron chi connectivity index (χ3n) is 8.81. The van der Waals surface area contributed by atoms with Crippen LogP contribution in [0.15, 0.2) is 134 Å². The molecule has 0 aliphatic carbocycles. The van der Waals surface area contributed by atoms with Gasteiger partial charge in [0.05, 0.1) is 12.6 Å². The summed E-state index contributed by atoms with van der Waals surface area (Å²) in [7, 11) is 1.67. The van der Waals surface area contributed by atoms with Crippen molar-refractivity contribution in [1.29, 1.82) is 0 Å². The van der Waals surface area contributed by atoms with Crippen LogP contribution < -0.4 is 16.0 Å². The molecule has 5 rings (SSSR count). The van der Waals surface area contributed by atoms with E-state index in [1.165, 1.54) is 4.90 Å². The molecule has 0 bridgehead atoms. The van der Waals surface area contributed by atoms with Gasteiger partial charge in [-0.2, -0.15) is 0 Å². The summed E-state index contributed by atoms with van der Waals surface area (Å²) in [6.07, 6.45) is 3.84. The van der Waals surface area contributed by atoms with Crippen molar-refractivity contribution in [3.63, 3.8) is 0 Å². The van der Waals surface area contributed by atoms with E-state index in [0.717, 1.165) is 22.3 Å². The second kappa shape index (κ2) is 17.0. The highest BCUT2D eigenvalue weighted by Gasteiger charge is 2.36. The normalized spacial score (nSPS) is 15.5. The fourth-order valence-corrected chi connectivity index (χ4v) is 5.91. The molecular formula is C40H43N5O4. The van der Waals surface area contributed by atoms with Crippen molar-refractivity contribution in [2.24, 2.45) is 0 Å². The van der Waals surface area contributed by atoms with Crippen molar-refractivity contribution in [2.45, 2.75) is 43.8 Å². The summed E-state index contributed by atoms with van der Waals surface area (Å²) in [5.74, 6) is -1.55. The number of carbonyl (C=O) groups is 4. The zero-order chi connectivity index (χ0) is 34.6. The first-order valence-corrected chi connectivity index (χ1v) is 16.6. The van der Waals surface area contributed by atoms with Crippen LogP contribution in [0, 0.1) is 0 Å². The van der Waals surface area contributed by atoms with Crippen LogP contribution in [0.3, 0.4) is 0 Å². The Balaban J connectivity index is 1.35. The van der Waals surface area contributed by atoms with E-state index in [2.05, 4.69) is 40.2 Å². The molecule has 1 aliphatic rings. The second-order valence-electron chi connectivity index (χ2n) is 12.1. The van der Waals surface area contributed by atoms with Crippen LogP contribution in [0.1, 0.15) is 35.1 Å². The molecule has 0 aromatic heterocycles. The molecule has 3 N–H and O–H groups in total. The molecule has 0 radical (unpaired) electrons. The van der Waals surface area contributed by atoms with E-state index in [9.17, 15) is 19.2 Å². The van der Waals surface area contributed by atoms with E-state index in [4.69, 9.17) is 0 Å². The average Bonchev–Trinajstić information content (AvgIpc) is 3.15. The highest BCUT2D eigenvalue weighted by molar-refractivity contribution is 5.94. The summed E-state index contributed by atoms with van der Waals surface area (Å²) in [5, 5.41) is 8.41. The zero-order valence-electron chi connectivity index (χ0n) is 27.9. The molecule has 1 heterocycles. The molecule has 252 valence electrons. The van der Waals surface area contributed by atoms with Crippen LogP contribution in [-0.4, -0.2) is 71.7 Å². The zero-order valence-corrected chi connectivity index (χ0v) is 27.9. The van der Waals surface area contributed by atoms with Gasteiger partial charge in [0, 0.05) is 37.7 Å². The van der Waals surface area contributed by atoms with Gasteiger partial charge in [-0.1, -0.05) is 121 Å². The Bertz CT molecular complexity index is 1680. The topological polar surface area (TPSA) is 111 Å². The number of hydrogen-bond donors (Lipinski definition) is 3. The Morgan fingerprint density at radius 2 is 1.24 bits per heavy atom. The van der Waals surface area contributed by atoms with Gasteiger partial charge in [0.2, 0.25) is 23.6 Å². The summed E-state index contributed by atoms with van der Waals surface area (Å²) in [5.41, 5.74) is 3.93. The molecule has 9 heteroatoms. The van der Waals surface area contributed by atoms with Crippen LogP contribution >= 0.6 is 0 Å². The highest BCUT2D eigenvalue weighted by Crippen LogP contribution is 2.28. The fraction of sp³-hybridized carbons (Fsp3) is 0.250. The average molecular weight is 658 g/mol. The number of benzene rings is 4. The van der Waals surface area contributed by atoms with E-state index in [-0.39, 0.29) is 30.7 Å². The number of nitrogens with one attached hydrogen (secondary N) is 3. The number of rotatable bonds is 14. The minimum Gasteiger partial charge on any atom is -0.345 e. The lowest BCUT2D eigenvalue weighted by molar-refractivity contribution is -0.143. The molecule has 0 saturated carbocycles. The van der Waals surface area contributed by atoms with Crippen molar-refractivity contribution in [3.05, 3.63) is 156 Å². The Kier molecular flexibility index (Phi) is 12.1. The maximum atomic E-state index is 14.2. The number of amides is 4. The quantitative estimate of drug-likeness (QED) is 0.190. The molecule has 0 saturated heterocycles. The molecule has 4 aromatic carbocycles. The van der Waals surface area contributed by atoms with Crippen molar-refractivity contribution in [2.75, 3.05) is 20.1 Å². The first kappa shape index (κ1) is 34.8. The van der Waals surface area contributed by atoms with Gasteiger partial charge in [0.1, 0.15) is 12.1 Å². The molecular weight excluding hydrogens is 614 g/mol. The first-order chi connectivity index (χ1) is 23.8. The Morgan fingerprint density at radius 3 is 1.80 bits per heavy atom. The lowest BCUT2D eigenvalue weighted by Crippen LogP contribution is -2.56. The first-order valence-electron chi connectivity index (χ1n) is 16.6. The van der Waals surface area contributed by atoms with Crippen molar-refractivity contribution < 1.29 is 19.2 Å². The maximum absolute atomic E-state index is 14.2. The predicted molar refractivity (Wildman–Crippen MR) is 190 cm³/mol. The third-order valence-corrected chi connectivity index (χ3v) is 8.81. The largest absolute Gasteiger partial charge is 0.345 e. The van der Waals surface area contributed by atoms with Crippen LogP contribution in [0.2, 0.25) is 0 Å². The lowest BCUT2D eigenvalue weighted by atomic mass is 9.90. The Morgan fingerprint density at radius 1 is 0.714 bits per heavy atom. The van der Waals surface area contributed by atoms with Gasteiger partial charge in [-0.3, -0.25) is 19.2 Å². The molecule has 0 unspecified atom stereocenters. The molecule has 9 nitrogen and oxygen atoms in total. The molecule has 3 atom stereocenters. The summed E-state index contributed by atoms with van der Waals surface area (Å²) in [6, 6.07) is 36.8. The smallest absolute Gasteiger partial charge is 0.250 e. The minimum atomic E-state index is -0.902. The van der Waals surface area contributed by atoms with Gasteiger partial charge in [0.25, 0.3) is 0 Å². The fourth-order valence-electron chi connectivity index (χ4n) is 5.91. The van der Waals surface area contributed by atoms with Crippen molar-refractivity contribution in [3.8, 4) is 0 Å².